The van der Waals surface area contributed by atoms with E-state index in [1.165, 1.54) is 6.92 Å². The zero-order chi connectivity index (χ0) is 14.4. The molecule has 0 saturated carbocycles. The van der Waals surface area contributed by atoms with Crippen molar-refractivity contribution in [1.82, 2.24) is 9.78 Å². The van der Waals surface area contributed by atoms with E-state index in [1.807, 2.05) is 0 Å². The van der Waals surface area contributed by atoms with E-state index in [-0.39, 0.29) is 16.8 Å². The molecule has 0 aliphatic heterocycles. The van der Waals surface area contributed by atoms with Crippen LogP contribution in [0.2, 0.25) is 0 Å². The van der Waals surface area contributed by atoms with Crippen molar-refractivity contribution in [3.8, 4) is 11.3 Å². The average Bonchev–Trinajstić information content (AvgIpc) is 2.57. The van der Waals surface area contributed by atoms with Gasteiger partial charge in [-0.15, -0.1) is 0 Å². The van der Waals surface area contributed by atoms with E-state index < -0.39 is 23.5 Å². The minimum Gasteiger partial charge on any atom is -0.263 e. The van der Waals surface area contributed by atoms with Crippen LogP contribution < -0.4 is 0 Å². The topological polar surface area (TPSA) is 17.8 Å². The number of nitrogens with zero attached hydrogens (tertiary/aromatic N) is 2. The average molecular weight is 276 g/mol. The van der Waals surface area contributed by atoms with Gasteiger partial charge in [-0.2, -0.15) is 18.3 Å². The summed E-state index contributed by atoms with van der Waals surface area (Å²) in [6.07, 6.45) is -4.60. The third-order valence-corrected chi connectivity index (χ3v) is 2.74. The molecule has 102 valence electrons. The van der Waals surface area contributed by atoms with Gasteiger partial charge < -0.3 is 0 Å². The molecular weight excluding hydrogens is 267 g/mol. The molecule has 0 spiro atoms. The van der Waals surface area contributed by atoms with Gasteiger partial charge in [-0.25, -0.2) is 8.78 Å². The Bertz CT molecular complexity index is 628. The fourth-order valence-corrected chi connectivity index (χ4v) is 1.96. The summed E-state index contributed by atoms with van der Waals surface area (Å²) in [7, 11) is 1.11. The monoisotopic (exact) mass is 276 g/mol. The molecule has 0 bridgehead atoms. The molecule has 0 N–H and O–H groups in total. The molecule has 0 radical (unpaired) electrons. The van der Waals surface area contributed by atoms with Gasteiger partial charge in [0.2, 0.25) is 0 Å². The van der Waals surface area contributed by atoms with E-state index in [2.05, 4.69) is 5.10 Å². The van der Waals surface area contributed by atoms with Crippen LogP contribution in [0.3, 0.4) is 0 Å². The SMILES string of the molecule is Cc1c(-c2cc(F)ccc2F)nn(C)c1C(F)(F)F. The second-order valence-corrected chi connectivity index (χ2v) is 4.07. The molecule has 0 fully saturated rings. The Kier molecular flexibility index (Phi) is 3.07. The first kappa shape index (κ1) is 13.5. The number of aromatic nitrogens is 2. The van der Waals surface area contributed by atoms with Crippen molar-refractivity contribution in [3.63, 3.8) is 0 Å². The van der Waals surface area contributed by atoms with Crippen LogP contribution in [0.25, 0.3) is 11.3 Å². The molecular formula is C12H9F5N2. The standard InChI is InChI=1S/C12H9F5N2/c1-6-10(8-5-7(13)3-4-9(8)14)18-19(2)11(6)12(15,16)17/h3-5H,1-2H3. The summed E-state index contributed by atoms with van der Waals surface area (Å²) in [6.45, 7) is 1.18. The number of benzene rings is 1. The summed E-state index contributed by atoms with van der Waals surface area (Å²) in [4.78, 5) is 0. The van der Waals surface area contributed by atoms with Crippen LogP contribution in [0.4, 0.5) is 22.0 Å². The third-order valence-electron chi connectivity index (χ3n) is 2.74. The summed E-state index contributed by atoms with van der Waals surface area (Å²) in [5.74, 6) is -1.56. The lowest BCUT2D eigenvalue weighted by Crippen LogP contribution is -2.13. The van der Waals surface area contributed by atoms with Crippen molar-refractivity contribution < 1.29 is 22.0 Å². The predicted molar refractivity (Wildman–Crippen MR) is 58.3 cm³/mol. The largest absolute Gasteiger partial charge is 0.433 e. The van der Waals surface area contributed by atoms with Crippen molar-refractivity contribution in [2.45, 2.75) is 13.1 Å². The van der Waals surface area contributed by atoms with E-state index in [1.54, 1.807) is 0 Å². The molecule has 2 nitrogen and oxygen atoms in total. The van der Waals surface area contributed by atoms with Crippen molar-refractivity contribution >= 4 is 0 Å². The highest BCUT2D eigenvalue weighted by molar-refractivity contribution is 5.64. The molecule has 0 aliphatic rings. The highest BCUT2D eigenvalue weighted by Crippen LogP contribution is 2.36. The maximum Gasteiger partial charge on any atom is 0.433 e. The molecule has 2 aromatic rings. The zero-order valence-electron chi connectivity index (χ0n) is 10.0. The number of hydrogen-bond acceptors (Lipinski definition) is 1. The van der Waals surface area contributed by atoms with Gasteiger partial charge in [0.1, 0.15) is 17.3 Å². The highest BCUT2D eigenvalue weighted by atomic mass is 19.4. The van der Waals surface area contributed by atoms with Crippen LogP contribution in [0.15, 0.2) is 18.2 Å². The number of aryl methyl sites for hydroxylation is 1. The summed E-state index contributed by atoms with van der Waals surface area (Å²) < 4.78 is 65.6. The Balaban J connectivity index is 2.68. The van der Waals surface area contributed by atoms with Crippen molar-refractivity contribution in [3.05, 3.63) is 41.1 Å². The van der Waals surface area contributed by atoms with Gasteiger partial charge in [0.05, 0.1) is 5.69 Å². The molecule has 0 unspecified atom stereocenters. The molecule has 7 heteroatoms. The van der Waals surface area contributed by atoms with Crippen LogP contribution in [-0.2, 0) is 13.2 Å². The van der Waals surface area contributed by atoms with Crippen LogP contribution in [-0.4, -0.2) is 9.78 Å². The van der Waals surface area contributed by atoms with Crippen molar-refractivity contribution in [2.75, 3.05) is 0 Å². The number of alkyl halides is 3. The maximum absolute atomic E-state index is 13.6. The van der Waals surface area contributed by atoms with Gasteiger partial charge in [-0.1, -0.05) is 0 Å². The van der Waals surface area contributed by atoms with E-state index >= 15 is 0 Å². The summed E-state index contributed by atoms with van der Waals surface area (Å²) in [6, 6.07) is 2.57. The fourth-order valence-electron chi connectivity index (χ4n) is 1.96. The van der Waals surface area contributed by atoms with Gasteiger partial charge in [-0.05, 0) is 25.1 Å². The Morgan fingerprint density at radius 2 is 1.79 bits per heavy atom. The number of rotatable bonds is 1. The Hall–Kier alpha value is -1.92. The zero-order valence-corrected chi connectivity index (χ0v) is 10.0. The molecule has 1 aromatic carbocycles. The fraction of sp³-hybridized carbons (Fsp3) is 0.250. The molecule has 0 saturated heterocycles. The minimum atomic E-state index is -4.60. The lowest BCUT2D eigenvalue weighted by atomic mass is 10.1. The quantitative estimate of drug-likeness (QED) is 0.726. The van der Waals surface area contributed by atoms with Crippen LogP contribution in [0, 0.1) is 18.6 Å². The lowest BCUT2D eigenvalue weighted by molar-refractivity contribution is -0.144. The van der Waals surface area contributed by atoms with Gasteiger partial charge >= 0.3 is 6.18 Å². The highest BCUT2D eigenvalue weighted by Gasteiger charge is 2.38. The molecule has 0 amide bonds. The van der Waals surface area contributed by atoms with E-state index in [4.69, 9.17) is 0 Å². The first-order valence-electron chi connectivity index (χ1n) is 5.28. The summed E-state index contributed by atoms with van der Waals surface area (Å²) in [5, 5.41) is 3.64. The first-order chi connectivity index (χ1) is 8.71. The van der Waals surface area contributed by atoms with Gasteiger partial charge in [-0.3, -0.25) is 4.68 Å². The number of halogens is 5. The van der Waals surface area contributed by atoms with Crippen molar-refractivity contribution in [2.24, 2.45) is 7.05 Å². The third kappa shape index (κ3) is 2.32. The molecule has 1 heterocycles. The van der Waals surface area contributed by atoms with Crippen LogP contribution in [0.1, 0.15) is 11.3 Å². The van der Waals surface area contributed by atoms with Crippen LogP contribution in [0.5, 0.6) is 0 Å². The van der Waals surface area contributed by atoms with Gasteiger partial charge in [0.15, 0.2) is 0 Å². The Morgan fingerprint density at radius 3 is 2.32 bits per heavy atom. The lowest BCUT2D eigenvalue weighted by Gasteiger charge is -2.07. The second kappa shape index (κ2) is 4.32. The molecule has 0 aliphatic carbocycles. The maximum atomic E-state index is 13.6. The van der Waals surface area contributed by atoms with Crippen molar-refractivity contribution in [1.29, 1.82) is 0 Å². The summed E-state index contributed by atoms with van der Waals surface area (Å²) in [5.41, 5.74) is -1.72. The Labute approximate surface area is 105 Å². The first-order valence-corrected chi connectivity index (χ1v) is 5.28. The van der Waals surface area contributed by atoms with Gasteiger partial charge in [0, 0.05) is 18.2 Å². The minimum absolute atomic E-state index is 0.216. The van der Waals surface area contributed by atoms with E-state index in [0.717, 1.165) is 25.2 Å². The smallest absolute Gasteiger partial charge is 0.263 e. The molecule has 0 atom stereocenters. The molecule has 19 heavy (non-hydrogen) atoms. The van der Waals surface area contributed by atoms with E-state index in [0.29, 0.717) is 4.68 Å². The van der Waals surface area contributed by atoms with Gasteiger partial charge in [0.25, 0.3) is 0 Å². The normalized spacial score (nSPS) is 11.9. The summed E-state index contributed by atoms with van der Waals surface area (Å²) >= 11 is 0. The van der Waals surface area contributed by atoms with E-state index in [9.17, 15) is 22.0 Å². The second-order valence-electron chi connectivity index (χ2n) is 4.07. The molecule has 2 rings (SSSR count). The Morgan fingerprint density at radius 1 is 1.16 bits per heavy atom. The predicted octanol–water partition coefficient (Wildman–Crippen LogP) is 3.69. The number of hydrogen-bond donors (Lipinski definition) is 0. The molecule has 1 aromatic heterocycles. The van der Waals surface area contributed by atoms with Crippen LogP contribution >= 0.6 is 0 Å².